The highest BCUT2D eigenvalue weighted by atomic mass is 16.6. The SMILES string of the molecule is CCCC(=O)C1C(=NOCC)CC(C)(C)C(C(=O)OC)=C1O. The van der Waals surface area contributed by atoms with Crippen LogP contribution in [0.2, 0.25) is 0 Å². The molecule has 0 radical (unpaired) electrons. The summed E-state index contributed by atoms with van der Waals surface area (Å²) in [5.74, 6) is -1.98. The monoisotopic (exact) mass is 311 g/mol. The Hall–Kier alpha value is -1.85. The lowest BCUT2D eigenvalue weighted by molar-refractivity contribution is -0.137. The third-order valence-electron chi connectivity index (χ3n) is 3.68. The van der Waals surface area contributed by atoms with E-state index in [4.69, 9.17) is 9.57 Å². The Bertz CT molecular complexity index is 505. The Balaban J connectivity index is 3.41. The predicted octanol–water partition coefficient (Wildman–Crippen LogP) is 2.78. The van der Waals surface area contributed by atoms with Gasteiger partial charge in [0.25, 0.3) is 0 Å². The van der Waals surface area contributed by atoms with Crippen LogP contribution in [-0.4, -0.2) is 36.3 Å². The normalized spacial score (nSPS) is 22.6. The van der Waals surface area contributed by atoms with Gasteiger partial charge in [0.15, 0.2) is 0 Å². The molecule has 1 unspecified atom stereocenters. The fourth-order valence-electron chi connectivity index (χ4n) is 2.74. The number of aliphatic hydroxyl groups excluding tert-OH is 1. The van der Waals surface area contributed by atoms with Crippen molar-refractivity contribution in [2.75, 3.05) is 13.7 Å². The van der Waals surface area contributed by atoms with E-state index in [1.807, 2.05) is 6.92 Å². The fourth-order valence-corrected chi connectivity index (χ4v) is 2.74. The van der Waals surface area contributed by atoms with Crippen molar-refractivity contribution in [1.29, 1.82) is 0 Å². The summed E-state index contributed by atoms with van der Waals surface area (Å²) in [5.41, 5.74) is -0.0915. The van der Waals surface area contributed by atoms with E-state index in [0.29, 0.717) is 31.6 Å². The van der Waals surface area contributed by atoms with Crippen molar-refractivity contribution in [1.82, 2.24) is 0 Å². The van der Waals surface area contributed by atoms with E-state index in [1.165, 1.54) is 7.11 Å². The molecule has 1 atom stereocenters. The largest absolute Gasteiger partial charge is 0.511 e. The number of hydrogen-bond acceptors (Lipinski definition) is 6. The van der Waals surface area contributed by atoms with Crippen molar-refractivity contribution in [3.8, 4) is 0 Å². The van der Waals surface area contributed by atoms with E-state index >= 15 is 0 Å². The van der Waals surface area contributed by atoms with Gasteiger partial charge in [-0.3, -0.25) is 4.79 Å². The number of oxime groups is 1. The van der Waals surface area contributed by atoms with E-state index in [1.54, 1.807) is 20.8 Å². The lowest BCUT2D eigenvalue weighted by Crippen LogP contribution is -2.40. The van der Waals surface area contributed by atoms with Crippen LogP contribution in [0.15, 0.2) is 16.5 Å². The van der Waals surface area contributed by atoms with E-state index in [2.05, 4.69) is 5.16 Å². The first kappa shape index (κ1) is 18.2. The lowest BCUT2D eigenvalue weighted by atomic mass is 9.69. The van der Waals surface area contributed by atoms with Crippen LogP contribution in [0.25, 0.3) is 0 Å². The number of aliphatic hydroxyl groups is 1. The molecular weight excluding hydrogens is 286 g/mol. The summed E-state index contributed by atoms with van der Waals surface area (Å²) in [7, 11) is 1.26. The second-order valence-electron chi connectivity index (χ2n) is 5.96. The zero-order valence-electron chi connectivity index (χ0n) is 13.9. The van der Waals surface area contributed by atoms with Gasteiger partial charge in [-0.1, -0.05) is 25.9 Å². The van der Waals surface area contributed by atoms with Crippen LogP contribution in [0.3, 0.4) is 0 Å². The van der Waals surface area contributed by atoms with E-state index in [9.17, 15) is 14.7 Å². The summed E-state index contributed by atoms with van der Waals surface area (Å²) in [5, 5.41) is 14.6. The minimum atomic E-state index is -0.923. The molecule has 6 heteroatoms. The summed E-state index contributed by atoms with van der Waals surface area (Å²) in [6.45, 7) is 7.64. The molecule has 0 aromatic rings. The van der Waals surface area contributed by atoms with Crippen molar-refractivity contribution in [3.05, 3.63) is 11.3 Å². The second-order valence-corrected chi connectivity index (χ2v) is 5.96. The first-order chi connectivity index (χ1) is 10.3. The summed E-state index contributed by atoms with van der Waals surface area (Å²) in [6.07, 6.45) is 1.30. The van der Waals surface area contributed by atoms with Gasteiger partial charge in [0.05, 0.1) is 18.4 Å². The van der Waals surface area contributed by atoms with Crippen LogP contribution in [-0.2, 0) is 19.2 Å². The molecule has 124 valence electrons. The lowest BCUT2D eigenvalue weighted by Gasteiger charge is -2.35. The van der Waals surface area contributed by atoms with Crippen LogP contribution < -0.4 is 0 Å². The molecule has 0 spiro atoms. The smallest absolute Gasteiger partial charge is 0.337 e. The summed E-state index contributed by atoms with van der Waals surface area (Å²) >= 11 is 0. The Morgan fingerprint density at radius 1 is 1.36 bits per heavy atom. The average Bonchev–Trinajstić information content (AvgIpc) is 2.43. The molecule has 22 heavy (non-hydrogen) atoms. The number of esters is 1. The number of Topliss-reactive ketones (excluding diaryl/α,β-unsaturated/α-hetero) is 1. The second kappa shape index (κ2) is 7.42. The number of carbonyl (C=O) groups excluding carboxylic acids is 2. The van der Waals surface area contributed by atoms with Crippen molar-refractivity contribution < 1.29 is 24.3 Å². The topological polar surface area (TPSA) is 85.2 Å². The number of carbonyl (C=O) groups is 2. The van der Waals surface area contributed by atoms with E-state index in [-0.39, 0.29) is 17.1 Å². The molecule has 0 bridgehead atoms. The minimum Gasteiger partial charge on any atom is -0.511 e. The maximum atomic E-state index is 12.4. The Kier molecular flexibility index (Phi) is 6.14. The quantitative estimate of drug-likeness (QED) is 0.602. The molecule has 0 aliphatic heterocycles. The Morgan fingerprint density at radius 3 is 2.50 bits per heavy atom. The fraction of sp³-hybridized carbons (Fsp3) is 0.688. The molecule has 1 N–H and O–H groups in total. The first-order valence-corrected chi connectivity index (χ1v) is 7.53. The summed E-state index contributed by atoms with van der Waals surface area (Å²) in [4.78, 5) is 29.5. The number of nitrogens with zero attached hydrogens (tertiary/aromatic N) is 1. The Labute approximate surface area is 131 Å². The number of allylic oxidation sites excluding steroid dienone is 1. The third kappa shape index (κ3) is 3.67. The maximum Gasteiger partial charge on any atom is 0.337 e. The van der Waals surface area contributed by atoms with E-state index < -0.39 is 17.3 Å². The van der Waals surface area contributed by atoms with Crippen molar-refractivity contribution >= 4 is 17.5 Å². The standard InChI is InChI=1S/C16H25NO5/c1-6-8-11(18)12-10(17-22-7-2)9-16(3,4)13(14(12)19)15(20)21-5/h12,19H,6-9H2,1-5H3. The molecule has 0 saturated heterocycles. The van der Waals surface area contributed by atoms with Crippen molar-refractivity contribution in [3.63, 3.8) is 0 Å². The number of methoxy groups -OCH3 is 1. The van der Waals surface area contributed by atoms with Crippen molar-refractivity contribution in [2.24, 2.45) is 16.5 Å². The number of ether oxygens (including phenoxy) is 1. The van der Waals surface area contributed by atoms with Gasteiger partial charge in [0.1, 0.15) is 24.1 Å². The van der Waals surface area contributed by atoms with Crippen LogP contribution in [0.4, 0.5) is 0 Å². The number of ketones is 1. The first-order valence-electron chi connectivity index (χ1n) is 7.53. The summed E-state index contributed by atoms with van der Waals surface area (Å²) < 4.78 is 4.76. The van der Waals surface area contributed by atoms with Gasteiger partial charge in [0, 0.05) is 11.8 Å². The van der Waals surface area contributed by atoms with Crippen LogP contribution in [0.5, 0.6) is 0 Å². The van der Waals surface area contributed by atoms with Gasteiger partial charge < -0.3 is 14.7 Å². The highest BCUT2D eigenvalue weighted by molar-refractivity contribution is 6.10. The molecule has 1 rings (SSSR count). The highest BCUT2D eigenvalue weighted by Crippen LogP contribution is 2.42. The molecule has 1 aliphatic rings. The number of hydrogen-bond donors (Lipinski definition) is 1. The molecule has 0 aromatic carbocycles. The van der Waals surface area contributed by atoms with Gasteiger partial charge in [-0.15, -0.1) is 0 Å². The predicted molar refractivity (Wildman–Crippen MR) is 82.5 cm³/mol. The highest BCUT2D eigenvalue weighted by Gasteiger charge is 2.45. The molecule has 0 aromatic heterocycles. The van der Waals surface area contributed by atoms with Gasteiger partial charge >= 0.3 is 5.97 Å². The molecule has 6 nitrogen and oxygen atoms in total. The molecule has 0 fully saturated rings. The zero-order valence-corrected chi connectivity index (χ0v) is 13.9. The number of rotatable bonds is 6. The zero-order chi connectivity index (χ0) is 16.9. The van der Waals surface area contributed by atoms with Crippen LogP contribution >= 0.6 is 0 Å². The van der Waals surface area contributed by atoms with Gasteiger partial charge in [-0.05, 0) is 19.8 Å². The molecular formula is C16H25NO5. The molecule has 0 heterocycles. The summed E-state index contributed by atoms with van der Waals surface area (Å²) in [6, 6.07) is 0. The van der Waals surface area contributed by atoms with Gasteiger partial charge in [-0.2, -0.15) is 0 Å². The molecule has 0 saturated carbocycles. The minimum absolute atomic E-state index is 0.139. The average molecular weight is 311 g/mol. The van der Waals surface area contributed by atoms with Crippen LogP contribution in [0, 0.1) is 11.3 Å². The van der Waals surface area contributed by atoms with Gasteiger partial charge in [0.2, 0.25) is 0 Å². The third-order valence-corrected chi connectivity index (χ3v) is 3.68. The Morgan fingerprint density at radius 2 is 2.00 bits per heavy atom. The maximum absolute atomic E-state index is 12.4. The molecule has 1 aliphatic carbocycles. The van der Waals surface area contributed by atoms with Crippen LogP contribution in [0.1, 0.15) is 47.0 Å². The van der Waals surface area contributed by atoms with E-state index in [0.717, 1.165) is 0 Å². The van der Waals surface area contributed by atoms with Gasteiger partial charge in [-0.25, -0.2) is 4.79 Å². The molecule has 0 amide bonds. The van der Waals surface area contributed by atoms with Crippen molar-refractivity contribution in [2.45, 2.75) is 47.0 Å².